The van der Waals surface area contributed by atoms with E-state index in [4.69, 9.17) is 9.47 Å². The Morgan fingerprint density at radius 1 is 1.03 bits per heavy atom. The zero-order chi connectivity index (χ0) is 27.7. The number of nitrogens with one attached hydrogen (secondary N) is 2. The minimum atomic E-state index is -0.898. The van der Waals surface area contributed by atoms with Crippen molar-refractivity contribution < 1.29 is 27.8 Å². The van der Waals surface area contributed by atoms with Crippen molar-refractivity contribution in [3.8, 4) is 22.8 Å². The molecule has 0 aliphatic rings. The summed E-state index contributed by atoms with van der Waals surface area (Å²) in [6.07, 6.45) is 2.60. The van der Waals surface area contributed by atoms with Crippen LogP contribution in [0.1, 0.15) is 70.8 Å². The molecule has 0 aliphatic carbocycles. The highest BCUT2D eigenvalue weighted by Gasteiger charge is 2.28. The van der Waals surface area contributed by atoms with Crippen molar-refractivity contribution in [2.24, 2.45) is 11.8 Å². The minimum absolute atomic E-state index is 0.0312. The number of carbonyl (C=O) groups is 2. The number of rotatable bonds is 14. The normalized spacial score (nSPS) is 12.1. The molecule has 0 aliphatic heterocycles. The molecule has 10 heteroatoms. The van der Waals surface area contributed by atoms with Crippen LogP contribution in [0.25, 0.3) is 11.3 Å². The van der Waals surface area contributed by atoms with E-state index in [1.54, 1.807) is 0 Å². The first-order valence-electron chi connectivity index (χ1n) is 12.8. The minimum Gasteiger partial charge on any atom is -0.493 e. The van der Waals surface area contributed by atoms with Crippen LogP contribution in [-0.2, 0) is 11.3 Å². The molecule has 2 amide bonds. The smallest absolute Gasteiger partial charge is 0.272 e. The Labute approximate surface area is 218 Å². The summed E-state index contributed by atoms with van der Waals surface area (Å²) in [7, 11) is 2.55. The highest BCUT2D eigenvalue weighted by atomic mass is 19.1. The van der Waals surface area contributed by atoms with Gasteiger partial charge in [-0.25, -0.2) is 8.78 Å². The lowest BCUT2D eigenvalue weighted by Gasteiger charge is -2.20. The van der Waals surface area contributed by atoms with Crippen LogP contribution in [0, 0.1) is 23.5 Å². The highest BCUT2D eigenvalue weighted by Crippen LogP contribution is 2.42. The summed E-state index contributed by atoms with van der Waals surface area (Å²) >= 11 is 0. The maximum absolute atomic E-state index is 14.6. The van der Waals surface area contributed by atoms with Gasteiger partial charge in [-0.05, 0) is 30.7 Å². The second kappa shape index (κ2) is 13.9. The van der Waals surface area contributed by atoms with E-state index in [2.05, 4.69) is 15.7 Å². The molecule has 0 bridgehead atoms. The number of hydrogen-bond acceptors (Lipinski definition) is 5. The van der Waals surface area contributed by atoms with Gasteiger partial charge >= 0.3 is 0 Å². The van der Waals surface area contributed by atoms with Crippen molar-refractivity contribution in [2.75, 3.05) is 20.8 Å². The van der Waals surface area contributed by atoms with E-state index < -0.39 is 23.6 Å². The Kier molecular flexibility index (Phi) is 11.3. The number of carbonyl (C=O) groups excluding carboxylic acids is 2. The van der Waals surface area contributed by atoms with Gasteiger partial charge in [-0.2, -0.15) is 5.10 Å². The van der Waals surface area contributed by atoms with Crippen molar-refractivity contribution in [1.82, 2.24) is 20.4 Å². The Bertz CT molecular complexity index is 1040. The lowest BCUT2D eigenvalue weighted by molar-refractivity contribution is -0.121. The van der Waals surface area contributed by atoms with Crippen LogP contribution in [-0.4, -0.2) is 48.4 Å². The molecule has 1 atom stereocenters. The lowest BCUT2D eigenvalue weighted by Crippen LogP contribution is -2.40. The molecule has 8 nitrogen and oxygen atoms in total. The summed E-state index contributed by atoms with van der Waals surface area (Å²) < 4.78 is 41.3. The first-order valence-corrected chi connectivity index (χ1v) is 12.8. The number of ether oxygens (including phenoxy) is 2. The van der Waals surface area contributed by atoms with Crippen molar-refractivity contribution in [3.63, 3.8) is 0 Å². The number of benzene rings is 1. The van der Waals surface area contributed by atoms with E-state index in [1.165, 1.54) is 25.0 Å². The van der Waals surface area contributed by atoms with Crippen LogP contribution in [0.2, 0.25) is 0 Å². The third-order valence-corrected chi connectivity index (χ3v) is 5.73. The first-order chi connectivity index (χ1) is 17.5. The largest absolute Gasteiger partial charge is 0.493 e. The molecule has 1 aromatic heterocycles. The summed E-state index contributed by atoms with van der Waals surface area (Å²) in [6, 6.07) is 1.76. The summed E-state index contributed by atoms with van der Waals surface area (Å²) in [5.41, 5.74) is 0.372. The SMILES string of the molecule is CCCCNC(=O)CC(CC(C)C)NC(=O)c1cc(-c2c(OC)c(F)cc(F)c2OC)n(CC(C)C)n1. The van der Waals surface area contributed by atoms with Crippen LogP contribution >= 0.6 is 0 Å². The molecule has 0 spiro atoms. The second-order valence-electron chi connectivity index (χ2n) is 9.98. The molecular weight excluding hydrogens is 482 g/mol. The molecule has 1 aromatic carbocycles. The number of halogens is 2. The summed E-state index contributed by atoms with van der Waals surface area (Å²) in [5.74, 6) is -2.47. The number of nitrogens with zero attached hydrogens (tertiary/aromatic N) is 2. The van der Waals surface area contributed by atoms with E-state index in [0.717, 1.165) is 12.8 Å². The first kappa shape index (κ1) is 30.1. The molecule has 37 heavy (non-hydrogen) atoms. The van der Waals surface area contributed by atoms with Crippen molar-refractivity contribution in [2.45, 2.75) is 72.9 Å². The highest BCUT2D eigenvalue weighted by molar-refractivity contribution is 5.94. The molecule has 0 fully saturated rings. The van der Waals surface area contributed by atoms with E-state index in [9.17, 15) is 18.4 Å². The van der Waals surface area contributed by atoms with Crippen LogP contribution in [0.5, 0.6) is 11.5 Å². The van der Waals surface area contributed by atoms with E-state index in [0.29, 0.717) is 25.6 Å². The maximum Gasteiger partial charge on any atom is 0.272 e. The van der Waals surface area contributed by atoms with Gasteiger partial charge < -0.3 is 20.1 Å². The standard InChI is InChI=1S/C27H40F2N4O4/c1-8-9-10-30-23(34)12-18(11-16(2)3)31-27(35)21-14-22(33(32-21)15-17(4)5)24-25(36-6)19(28)13-20(29)26(24)37-7/h13-14,16-18H,8-12,15H2,1-7H3,(H,30,34)(H,31,35). The molecule has 206 valence electrons. The van der Waals surface area contributed by atoms with Gasteiger partial charge in [-0.1, -0.05) is 41.0 Å². The van der Waals surface area contributed by atoms with Crippen molar-refractivity contribution in [1.29, 1.82) is 0 Å². The van der Waals surface area contributed by atoms with Crippen molar-refractivity contribution >= 4 is 11.8 Å². The number of aromatic nitrogens is 2. The van der Waals surface area contributed by atoms with E-state index >= 15 is 0 Å². The molecule has 2 rings (SSSR count). The van der Waals surface area contributed by atoms with Gasteiger partial charge in [0.1, 0.15) is 0 Å². The van der Waals surface area contributed by atoms with Crippen LogP contribution in [0.15, 0.2) is 12.1 Å². The third-order valence-electron chi connectivity index (χ3n) is 5.73. The number of hydrogen-bond donors (Lipinski definition) is 2. The van der Waals surface area contributed by atoms with Crippen LogP contribution < -0.4 is 20.1 Å². The second-order valence-corrected chi connectivity index (χ2v) is 9.98. The van der Waals surface area contributed by atoms with E-state index in [-0.39, 0.29) is 52.6 Å². The molecule has 1 unspecified atom stereocenters. The van der Waals surface area contributed by atoms with Gasteiger partial charge in [-0.3, -0.25) is 14.3 Å². The summed E-state index contributed by atoms with van der Waals surface area (Å²) in [5, 5.41) is 10.3. The Morgan fingerprint density at radius 2 is 1.65 bits per heavy atom. The fourth-order valence-corrected chi connectivity index (χ4v) is 4.15. The molecule has 2 aromatic rings. The Balaban J connectivity index is 2.45. The number of amides is 2. The van der Waals surface area contributed by atoms with Gasteiger partial charge in [0.05, 0.1) is 25.5 Å². The fourth-order valence-electron chi connectivity index (χ4n) is 4.15. The lowest BCUT2D eigenvalue weighted by atomic mass is 10.0. The molecule has 0 saturated heterocycles. The van der Waals surface area contributed by atoms with E-state index in [1.807, 2.05) is 34.6 Å². The topological polar surface area (TPSA) is 94.5 Å². The average Bonchev–Trinajstić information content (AvgIpc) is 3.21. The van der Waals surface area contributed by atoms with Gasteiger partial charge in [0.15, 0.2) is 28.8 Å². The monoisotopic (exact) mass is 522 g/mol. The predicted octanol–water partition coefficient (Wildman–Crippen LogP) is 4.95. The van der Waals surface area contributed by atoms with Crippen molar-refractivity contribution in [3.05, 3.63) is 29.5 Å². The quantitative estimate of drug-likeness (QED) is 0.342. The molecule has 0 saturated carbocycles. The van der Waals surface area contributed by atoms with Gasteiger partial charge in [0.2, 0.25) is 5.91 Å². The van der Waals surface area contributed by atoms with Gasteiger partial charge in [0.25, 0.3) is 5.91 Å². The van der Waals surface area contributed by atoms with Gasteiger partial charge in [0, 0.05) is 31.6 Å². The van der Waals surface area contributed by atoms with Gasteiger partial charge in [-0.15, -0.1) is 0 Å². The van der Waals surface area contributed by atoms with Crippen LogP contribution in [0.3, 0.4) is 0 Å². The third kappa shape index (κ3) is 8.16. The zero-order valence-corrected chi connectivity index (χ0v) is 22.9. The molecule has 0 radical (unpaired) electrons. The maximum atomic E-state index is 14.6. The fraction of sp³-hybridized carbons (Fsp3) is 0.593. The molecule has 1 heterocycles. The molecular formula is C27H40F2N4O4. The molecule has 2 N–H and O–H groups in total. The van der Waals surface area contributed by atoms with Crippen LogP contribution in [0.4, 0.5) is 8.78 Å². The Morgan fingerprint density at radius 3 is 2.16 bits per heavy atom. The summed E-state index contributed by atoms with van der Waals surface area (Å²) in [6.45, 7) is 11.0. The number of unbranched alkanes of at least 4 members (excludes halogenated alkanes) is 1. The Hall–Kier alpha value is -3.17. The average molecular weight is 523 g/mol. The number of methoxy groups -OCH3 is 2. The zero-order valence-electron chi connectivity index (χ0n) is 22.9. The predicted molar refractivity (Wildman–Crippen MR) is 139 cm³/mol. The summed E-state index contributed by atoms with van der Waals surface area (Å²) in [4.78, 5) is 25.7.